The molecular weight excluding hydrogens is 415 g/mol. The Labute approximate surface area is 139 Å². The molecule has 0 aliphatic carbocycles. The van der Waals surface area contributed by atoms with E-state index in [2.05, 4.69) is 31.9 Å². The molecule has 1 nitrogen and oxygen atoms in total. The maximum Gasteiger partial charge on any atom is 0.133 e. The molecule has 0 bridgehead atoms. The van der Waals surface area contributed by atoms with Gasteiger partial charge in [0.1, 0.15) is 5.75 Å². The summed E-state index contributed by atoms with van der Waals surface area (Å²) in [7, 11) is 1.63. The fourth-order valence-electron chi connectivity index (χ4n) is 1.70. The van der Waals surface area contributed by atoms with Gasteiger partial charge in [-0.3, -0.25) is 0 Å². The minimum atomic E-state index is -0.257. The smallest absolute Gasteiger partial charge is 0.133 e. The molecule has 0 saturated heterocycles. The average molecular weight is 425 g/mol. The van der Waals surface area contributed by atoms with Gasteiger partial charge in [-0.15, -0.1) is 11.6 Å². The number of halogens is 4. The van der Waals surface area contributed by atoms with Crippen molar-refractivity contribution in [1.82, 2.24) is 0 Å². The predicted octanol–water partition coefficient (Wildman–Crippen LogP) is 6.20. The van der Waals surface area contributed by atoms with E-state index < -0.39 is 0 Å². The zero-order chi connectivity index (χ0) is 14.0. The van der Waals surface area contributed by atoms with Gasteiger partial charge in [0.2, 0.25) is 0 Å². The van der Waals surface area contributed by atoms with Crippen molar-refractivity contribution in [3.63, 3.8) is 0 Å². The molecule has 2 rings (SSSR count). The number of alkyl halides is 1. The van der Waals surface area contributed by atoms with Crippen LogP contribution in [0.3, 0.4) is 0 Å². The highest BCUT2D eigenvalue weighted by atomic mass is 79.9. The summed E-state index contributed by atoms with van der Waals surface area (Å²) >= 11 is 19.4. The Balaban J connectivity index is 2.35. The summed E-state index contributed by atoms with van der Waals surface area (Å²) in [5.41, 5.74) is 1.93. The van der Waals surface area contributed by atoms with E-state index in [-0.39, 0.29) is 5.38 Å². The highest BCUT2D eigenvalue weighted by Crippen LogP contribution is 2.36. The van der Waals surface area contributed by atoms with E-state index in [4.69, 9.17) is 27.9 Å². The van der Waals surface area contributed by atoms with Gasteiger partial charge < -0.3 is 4.74 Å². The van der Waals surface area contributed by atoms with Gasteiger partial charge in [-0.1, -0.05) is 23.7 Å². The van der Waals surface area contributed by atoms with Crippen LogP contribution in [0, 0.1) is 0 Å². The summed E-state index contributed by atoms with van der Waals surface area (Å²) in [5.74, 6) is 0.779. The molecule has 0 saturated carbocycles. The maximum absolute atomic E-state index is 6.49. The fraction of sp³-hybridized carbons (Fsp3) is 0.143. The van der Waals surface area contributed by atoms with Crippen molar-refractivity contribution in [3.05, 3.63) is 61.5 Å². The topological polar surface area (TPSA) is 9.23 Å². The first-order chi connectivity index (χ1) is 9.02. The second-order valence-corrected chi connectivity index (χ2v) is 6.48. The van der Waals surface area contributed by atoms with E-state index >= 15 is 0 Å². The van der Waals surface area contributed by atoms with Crippen LogP contribution in [0.5, 0.6) is 5.75 Å². The van der Waals surface area contributed by atoms with Gasteiger partial charge >= 0.3 is 0 Å². The fourth-order valence-corrected chi connectivity index (χ4v) is 2.97. The number of rotatable bonds is 3. The summed E-state index contributed by atoms with van der Waals surface area (Å²) in [6.07, 6.45) is 0. The molecule has 0 radical (unpaired) electrons. The lowest BCUT2D eigenvalue weighted by atomic mass is 10.0. The Hall–Kier alpha value is -0.220. The first-order valence-electron chi connectivity index (χ1n) is 5.45. The molecule has 0 aliphatic rings. The third-order valence-electron chi connectivity index (χ3n) is 2.70. The summed E-state index contributed by atoms with van der Waals surface area (Å²) in [4.78, 5) is 0. The molecule has 2 aromatic carbocycles. The van der Waals surface area contributed by atoms with Crippen LogP contribution in [-0.2, 0) is 0 Å². The lowest BCUT2D eigenvalue weighted by molar-refractivity contribution is 0.412. The average Bonchev–Trinajstić information content (AvgIpc) is 2.41. The Morgan fingerprint density at radius 2 is 1.63 bits per heavy atom. The van der Waals surface area contributed by atoms with E-state index in [0.29, 0.717) is 5.02 Å². The Morgan fingerprint density at radius 3 is 2.21 bits per heavy atom. The third kappa shape index (κ3) is 3.46. The highest BCUT2D eigenvalue weighted by molar-refractivity contribution is 9.10. The van der Waals surface area contributed by atoms with Crippen LogP contribution in [0.4, 0.5) is 0 Å². The van der Waals surface area contributed by atoms with Gasteiger partial charge in [0, 0.05) is 4.47 Å². The van der Waals surface area contributed by atoms with Crippen molar-refractivity contribution in [2.24, 2.45) is 0 Å². The van der Waals surface area contributed by atoms with Crippen LogP contribution >= 0.6 is 55.1 Å². The molecule has 0 heterocycles. The van der Waals surface area contributed by atoms with E-state index in [9.17, 15) is 0 Å². The lowest BCUT2D eigenvalue weighted by Crippen LogP contribution is -1.94. The molecular formula is C14H10Br2Cl2O. The number of benzene rings is 2. The summed E-state index contributed by atoms with van der Waals surface area (Å²) < 4.78 is 6.94. The Kier molecular flexibility index (Phi) is 5.18. The normalized spacial score (nSPS) is 12.3. The zero-order valence-electron chi connectivity index (χ0n) is 9.96. The van der Waals surface area contributed by atoms with Gasteiger partial charge in [-0.25, -0.2) is 0 Å². The molecule has 19 heavy (non-hydrogen) atoms. The first-order valence-corrected chi connectivity index (χ1v) is 7.85. The van der Waals surface area contributed by atoms with Crippen molar-refractivity contribution in [2.45, 2.75) is 5.38 Å². The van der Waals surface area contributed by atoms with Crippen LogP contribution in [0.1, 0.15) is 16.5 Å². The van der Waals surface area contributed by atoms with Crippen molar-refractivity contribution in [1.29, 1.82) is 0 Å². The number of hydrogen-bond donors (Lipinski definition) is 0. The summed E-state index contributed by atoms with van der Waals surface area (Å²) in [5, 5.41) is 0.392. The monoisotopic (exact) mass is 422 g/mol. The van der Waals surface area contributed by atoms with Gasteiger partial charge in [-0.2, -0.15) is 0 Å². The molecule has 5 heteroatoms. The molecule has 0 aromatic heterocycles. The SMILES string of the molecule is COc1ccc(C(Cl)c2ccc(Br)c(Cl)c2)cc1Br. The zero-order valence-corrected chi connectivity index (χ0v) is 14.6. The minimum absolute atomic E-state index is 0.257. The minimum Gasteiger partial charge on any atom is -0.496 e. The predicted molar refractivity (Wildman–Crippen MR) is 87.5 cm³/mol. The quantitative estimate of drug-likeness (QED) is 0.533. The third-order valence-corrected chi connectivity index (χ3v) is 5.06. The molecule has 0 spiro atoms. The highest BCUT2D eigenvalue weighted by Gasteiger charge is 2.14. The van der Waals surface area contributed by atoms with Crippen LogP contribution in [0.25, 0.3) is 0 Å². The molecule has 100 valence electrons. The lowest BCUT2D eigenvalue weighted by Gasteiger charge is -2.13. The Bertz CT molecular complexity index is 602. The Morgan fingerprint density at radius 1 is 1.00 bits per heavy atom. The second-order valence-electron chi connectivity index (χ2n) is 3.93. The van der Waals surface area contributed by atoms with E-state index in [1.807, 2.05) is 36.4 Å². The molecule has 0 aliphatic heterocycles. The van der Waals surface area contributed by atoms with Crippen LogP contribution in [-0.4, -0.2) is 7.11 Å². The van der Waals surface area contributed by atoms with Crippen molar-refractivity contribution < 1.29 is 4.74 Å². The second kappa shape index (κ2) is 6.49. The molecule has 0 fully saturated rings. The largest absolute Gasteiger partial charge is 0.496 e. The standard InChI is InChI=1S/C14H10Br2Cl2O/c1-19-13-5-3-8(6-11(13)16)14(18)9-2-4-10(15)12(17)7-9/h2-7,14H,1H3. The van der Waals surface area contributed by atoms with Gasteiger partial charge in [-0.05, 0) is 67.3 Å². The van der Waals surface area contributed by atoms with Crippen LogP contribution in [0.15, 0.2) is 45.3 Å². The molecule has 1 unspecified atom stereocenters. The summed E-state index contributed by atoms with van der Waals surface area (Å²) in [6, 6.07) is 11.5. The number of hydrogen-bond acceptors (Lipinski definition) is 1. The van der Waals surface area contributed by atoms with Gasteiger partial charge in [0.25, 0.3) is 0 Å². The number of ether oxygens (including phenoxy) is 1. The van der Waals surface area contributed by atoms with E-state index in [0.717, 1.165) is 25.8 Å². The van der Waals surface area contributed by atoms with Crippen LogP contribution < -0.4 is 4.74 Å². The molecule has 0 amide bonds. The van der Waals surface area contributed by atoms with Crippen LogP contribution in [0.2, 0.25) is 5.02 Å². The van der Waals surface area contributed by atoms with E-state index in [1.54, 1.807) is 7.11 Å². The first kappa shape index (κ1) is 15.2. The van der Waals surface area contributed by atoms with Crippen molar-refractivity contribution in [2.75, 3.05) is 7.11 Å². The van der Waals surface area contributed by atoms with Crippen molar-refractivity contribution >= 4 is 55.1 Å². The van der Waals surface area contributed by atoms with E-state index in [1.165, 1.54) is 0 Å². The van der Waals surface area contributed by atoms with Crippen molar-refractivity contribution in [3.8, 4) is 5.75 Å². The van der Waals surface area contributed by atoms with Gasteiger partial charge in [0.05, 0.1) is 22.0 Å². The molecule has 1 atom stereocenters. The number of methoxy groups -OCH3 is 1. The van der Waals surface area contributed by atoms with Gasteiger partial charge in [0.15, 0.2) is 0 Å². The maximum atomic E-state index is 6.49. The molecule has 0 N–H and O–H groups in total. The molecule has 2 aromatic rings. The summed E-state index contributed by atoms with van der Waals surface area (Å²) in [6.45, 7) is 0.